The summed E-state index contributed by atoms with van der Waals surface area (Å²) in [5, 5.41) is 7.26. The van der Waals surface area contributed by atoms with E-state index in [0.29, 0.717) is 17.1 Å². The number of ether oxygens (including phenoxy) is 1. The Kier molecular flexibility index (Phi) is 5.93. The number of furan rings is 1. The first-order valence-electron chi connectivity index (χ1n) is 9.13. The van der Waals surface area contributed by atoms with E-state index in [0.717, 1.165) is 12.2 Å². The molecule has 1 N–H and O–H groups in total. The van der Waals surface area contributed by atoms with Gasteiger partial charge < -0.3 is 14.5 Å². The SMILES string of the molecule is CCn1ccc(C(C)NC(=O)c2ccc(COc3ccc(C(C)=O)cc3)o2)n1. The molecule has 0 saturated carbocycles. The largest absolute Gasteiger partial charge is 0.486 e. The number of nitrogens with one attached hydrogen (secondary N) is 1. The number of nitrogens with zero attached hydrogens (tertiary/aromatic N) is 2. The zero-order chi connectivity index (χ0) is 20.1. The predicted octanol–water partition coefficient (Wildman–Crippen LogP) is 3.77. The highest BCUT2D eigenvalue weighted by molar-refractivity contribution is 5.94. The number of hydrogen-bond donors (Lipinski definition) is 1. The Morgan fingerprint density at radius 3 is 2.57 bits per heavy atom. The first-order chi connectivity index (χ1) is 13.5. The Balaban J connectivity index is 1.55. The molecule has 28 heavy (non-hydrogen) atoms. The summed E-state index contributed by atoms with van der Waals surface area (Å²) >= 11 is 0. The first kappa shape index (κ1) is 19.4. The second-order valence-corrected chi connectivity index (χ2v) is 6.43. The third-order valence-corrected chi connectivity index (χ3v) is 4.30. The Morgan fingerprint density at radius 1 is 1.18 bits per heavy atom. The molecule has 0 bridgehead atoms. The van der Waals surface area contributed by atoms with Crippen LogP contribution in [-0.2, 0) is 13.2 Å². The van der Waals surface area contributed by atoms with E-state index in [1.54, 1.807) is 36.4 Å². The molecule has 3 rings (SSSR count). The zero-order valence-electron chi connectivity index (χ0n) is 16.1. The second-order valence-electron chi connectivity index (χ2n) is 6.43. The number of rotatable bonds is 8. The molecule has 7 nitrogen and oxygen atoms in total. The molecule has 0 aliphatic carbocycles. The summed E-state index contributed by atoms with van der Waals surface area (Å²) in [6, 6.07) is 11.8. The highest BCUT2D eigenvalue weighted by Gasteiger charge is 2.17. The maximum atomic E-state index is 12.4. The molecule has 1 aromatic carbocycles. The predicted molar refractivity (Wildman–Crippen MR) is 103 cm³/mol. The molecule has 1 unspecified atom stereocenters. The van der Waals surface area contributed by atoms with Crippen LogP contribution in [0.15, 0.2) is 53.1 Å². The van der Waals surface area contributed by atoms with Crippen molar-refractivity contribution < 1.29 is 18.7 Å². The molecule has 0 spiro atoms. The fraction of sp³-hybridized carbons (Fsp3) is 0.286. The van der Waals surface area contributed by atoms with Crippen LogP contribution in [0.25, 0.3) is 0 Å². The third kappa shape index (κ3) is 4.68. The Hall–Kier alpha value is -3.35. The smallest absolute Gasteiger partial charge is 0.287 e. The number of aromatic nitrogens is 2. The minimum atomic E-state index is -0.310. The normalized spacial score (nSPS) is 11.8. The van der Waals surface area contributed by atoms with Crippen molar-refractivity contribution in [2.75, 3.05) is 0 Å². The van der Waals surface area contributed by atoms with E-state index < -0.39 is 0 Å². The molecule has 1 amide bonds. The third-order valence-electron chi connectivity index (χ3n) is 4.30. The summed E-state index contributed by atoms with van der Waals surface area (Å²) in [5.41, 5.74) is 1.42. The fourth-order valence-corrected chi connectivity index (χ4v) is 2.64. The Morgan fingerprint density at radius 2 is 1.93 bits per heavy atom. The molecule has 0 aliphatic rings. The van der Waals surface area contributed by atoms with E-state index in [2.05, 4.69) is 10.4 Å². The van der Waals surface area contributed by atoms with Crippen LogP contribution < -0.4 is 10.1 Å². The number of carbonyl (C=O) groups excluding carboxylic acids is 2. The number of ketones is 1. The molecule has 146 valence electrons. The van der Waals surface area contributed by atoms with Crippen LogP contribution in [0, 0.1) is 0 Å². The van der Waals surface area contributed by atoms with Gasteiger partial charge in [0.25, 0.3) is 5.91 Å². The number of benzene rings is 1. The van der Waals surface area contributed by atoms with Crippen molar-refractivity contribution in [3.05, 3.63) is 71.4 Å². The van der Waals surface area contributed by atoms with Crippen molar-refractivity contribution in [3.63, 3.8) is 0 Å². The molecule has 0 radical (unpaired) electrons. The molecule has 2 heterocycles. The van der Waals surface area contributed by atoms with Gasteiger partial charge in [-0.1, -0.05) is 0 Å². The Labute approximate surface area is 163 Å². The number of Topliss-reactive ketones (excluding diaryl/α,β-unsaturated/α-hetero) is 1. The van der Waals surface area contributed by atoms with Crippen LogP contribution in [-0.4, -0.2) is 21.5 Å². The lowest BCUT2D eigenvalue weighted by Gasteiger charge is -2.10. The zero-order valence-corrected chi connectivity index (χ0v) is 16.1. The highest BCUT2D eigenvalue weighted by Crippen LogP contribution is 2.17. The van der Waals surface area contributed by atoms with Crippen molar-refractivity contribution in [2.24, 2.45) is 0 Å². The average molecular weight is 381 g/mol. The fourth-order valence-electron chi connectivity index (χ4n) is 2.64. The first-order valence-corrected chi connectivity index (χ1v) is 9.13. The van der Waals surface area contributed by atoms with Crippen LogP contribution in [0.4, 0.5) is 0 Å². The number of carbonyl (C=O) groups is 2. The number of hydrogen-bond acceptors (Lipinski definition) is 5. The molecule has 7 heteroatoms. The van der Waals surface area contributed by atoms with E-state index in [1.165, 1.54) is 6.92 Å². The molecule has 1 atom stereocenters. The second kappa shape index (κ2) is 8.56. The standard InChI is InChI=1S/C21H23N3O4/c1-4-24-12-11-19(23-24)14(2)22-21(26)20-10-9-18(28-20)13-27-17-7-5-16(6-8-17)15(3)25/h5-12,14H,4,13H2,1-3H3,(H,22,26). The van der Waals surface area contributed by atoms with E-state index >= 15 is 0 Å². The molecular weight excluding hydrogens is 358 g/mol. The molecule has 0 fully saturated rings. The summed E-state index contributed by atoms with van der Waals surface area (Å²) in [4.78, 5) is 23.7. The van der Waals surface area contributed by atoms with Gasteiger partial charge in [-0.15, -0.1) is 0 Å². The summed E-state index contributed by atoms with van der Waals surface area (Å²) in [5.74, 6) is 1.06. The summed E-state index contributed by atoms with van der Waals surface area (Å²) in [7, 11) is 0. The molecule has 0 aliphatic heterocycles. The lowest BCUT2D eigenvalue weighted by molar-refractivity contribution is 0.0906. The van der Waals surface area contributed by atoms with Crippen LogP contribution in [0.2, 0.25) is 0 Å². The van der Waals surface area contributed by atoms with Gasteiger partial charge in [0.15, 0.2) is 11.5 Å². The molecular formula is C21H23N3O4. The van der Waals surface area contributed by atoms with Gasteiger partial charge in [0.2, 0.25) is 0 Å². The topological polar surface area (TPSA) is 86.4 Å². The van der Waals surface area contributed by atoms with E-state index in [1.807, 2.05) is 30.8 Å². The lowest BCUT2D eigenvalue weighted by atomic mass is 10.1. The van der Waals surface area contributed by atoms with Gasteiger partial charge in [0.1, 0.15) is 18.1 Å². The lowest BCUT2D eigenvalue weighted by Crippen LogP contribution is -2.26. The quantitative estimate of drug-likeness (QED) is 0.600. The van der Waals surface area contributed by atoms with Crippen molar-refractivity contribution in [2.45, 2.75) is 40.0 Å². The van der Waals surface area contributed by atoms with E-state index in [9.17, 15) is 9.59 Å². The molecule has 0 saturated heterocycles. The van der Waals surface area contributed by atoms with E-state index in [-0.39, 0.29) is 30.1 Å². The van der Waals surface area contributed by atoms with Gasteiger partial charge in [0, 0.05) is 18.3 Å². The Bertz CT molecular complexity index is 956. The van der Waals surface area contributed by atoms with Crippen LogP contribution in [0.5, 0.6) is 5.75 Å². The minimum absolute atomic E-state index is 0.00364. The maximum absolute atomic E-state index is 12.4. The van der Waals surface area contributed by atoms with Crippen LogP contribution in [0.1, 0.15) is 59.2 Å². The maximum Gasteiger partial charge on any atom is 0.287 e. The summed E-state index contributed by atoms with van der Waals surface area (Å²) < 4.78 is 13.0. The average Bonchev–Trinajstić information content (AvgIpc) is 3.36. The van der Waals surface area contributed by atoms with Gasteiger partial charge in [-0.2, -0.15) is 5.10 Å². The van der Waals surface area contributed by atoms with E-state index in [4.69, 9.17) is 9.15 Å². The van der Waals surface area contributed by atoms with Gasteiger partial charge in [-0.05, 0) is 63.2 Å². The monoisotopic (exact) mass is 381 g/mol. The van der Waals surface area contributed by atoms with Crippen molar-refractivity contribution in [1.29, 1.82) is 0 Å². The molecule has 3 aromatic rings. The summed E-state index contributed by atoms with van der Waals surface area (Å²) in [6.45, 7) is 6.35. The highest BCUT2D eigenvalue weighted by atomic mass is 16.5. The van der Waals surface area contributed by atoms with Crippen LogP contribution >= 0.6 is 0 Å². The van der Waals surface area contributed by atoms with Crippen molar-refractivity contribution in [1.82, 2.24) is 15.1 Å². The van der Waals surface area contributed by atoms with Gasteiger partial charge in [-0.25, -0.2) is 0 Å². The van der Waals surface area contributed by atoms with Gasteiger partial charge >= 0.3 is 0 Å². The minimum Gasteiger partial charge on any atom is -0.486 e. The molecule has 2 aromatic heterocycles. The number of aryl methyl sites for hydroxylation is 1. The van der Waals surface area contributed by atoms with Crippen molar-refractivity contribution >= 4 is 11.7 Å². The van der Waals surface area contributed by atoms with Crippen LogP contribution in [0.3, 0.4) is 0 Å². The summed E-state index contributed by atoms with van der Waals surface area (Å²) in [6.07, 6.45) is 1.88. The van der Waals surface area contributed by atoms with Gasteiger partial charge in [-0.3, -0.25) is 14.3 Å². The van der Waals surface area contributed by atoms with Crippen molar-refractivity contribution in [3.8, 4) is 5.75 Å². The number of amides is 1. The van der Waals surface area contributed by atoms with Gasteiger partial charge in [0.05, 0.1) is 11.7 Å².